The van der Waals surface area contributed by atoms with Gasteiger partial charge in [-0.2, -0.15) is 5.26 Å². The van der Waals surface area contributed by atoms with Crippen LogP contribution in [0.2, 0.25) is 0 Å². The number of nitrogens with zero attached hydrogens (tertiary/aromatic N) is 4. The van der Waals surface area contributed by atoms with Crippen LogP contribution in [-0.4, -0.2) is 39.1 Å². The van der Waals surface area contributed by atoms with E-state index < -0.39 is 0 Å². The molecule has 1 aliphatic carbocycles. The lowest BCUT2D eigenvalue weighted by atomic mass is 9.80. The van der Waals surface area contributed by atoms with Crippen molar-refractivity contribution >= 4 is 16.8 Å². The molecule has 1 saturated heterocycles. The van der Waals surface area contributed by atoms with E-state index in [-0.39, 0.29) is 29.3 Å². The van der Waals surface area contributed by atoms with Crippen LogP contribution < -0.4 is 10.9 Å². The molecule has 7 heteroatoms. The quantitative estimate of drug-likeness (QED) is 0.398. The average molecular weight is 520 g/mol. The lowest BCUT2D eigenvalue weighted by Gasteiger charge is -2.35. The molecule has 2 atom stereocenters. The second-order valence-corrected chi connectivity index (χ2v) is 10.9. The number of carbonyl (C=O) groups excluding carboxylic acids is 1. The van der Waals surface area contributed by atoms with Crippen molar-refractivity contribution in [2.24, 2.45) is 13.0 Å². The molecule has 2 aromatic carbocycles. The van der Waals surface area contributed by atoms with Crippen LogP contribution in [0, 0.1) is 17.2 Å². The number of rotatable bonds is 7. The van der Waals surface area contributed by atoms with Gasteiger partial charge in [-0.05, 0) is 72.7 Å². The van der Waals surface area contributed by atoms with E-state index in [9.17, 15) is 14.9 Å². The second kappa shape index (κ2) is 10.5. The van der Waals surface area contributed by atoms with Crippen LogP contribution in [0.4, 0.5) is 0 Å². The molecule has 0 unspecified atom stereocenters. The monoisotopic (exact) mass is 519 g/mol. The van der Waals surface area contributed by atoms with E-state index in [0.29, 0.717) is 25.2 Å². The number of fused-ring (bicyclic) bond motifs is 1. The molecule has 39 heavy (non-hydrogen) atoms. The smallest absolute Gasteiger partial charge is 0.250 e. The number of para-hydroxylation sites is 1. The third-order valence-corrected chi connectivity index (χ3v) is 8.25. The number of pyridine rings is 1. The van der Waals surface area contributed by atoms with Crippen molar-refractivity contribution in [3.05, 3.63) is 106 Å². The van der Waals surface area contributed by atoms with Crippen LogP contribution in [0.3, 0.4) is 0 Å². The summed E-state index contributed by atoms with van der Waals surface area (Å²) >= 11 is 0. The Morgan fingerprint density at radius 2 is 1.95 bits per heavy atom. The van der Waals surface area contributed by atoms with Crippen molar-refractivity contribution in [1.82, 2.24) is 19.4 Å². The maximum atomic E-state index is 14.2. The minimum atomic E-state index is -0.200. The summed E-state index contributed by atoms with van der Waals surface area (Å²) < 4.78 is 3.80. The lowest BCUT2D eigenvalue weighted by molar-refractivity contribution is -0.138. The zero-order valence-corrected chi connectivity index (χ0v) is 22.2. The number of benzene rings is 2. The molecule has 6 rings (SSSR count). The van der Waals surface area contributed by atoms with Gasteiger partial charge in [0.05, 0.1) is 17.6 Å². The van der Waals surface area contributed by atoms with Gasteiger partial charge < -0.3 is 19.4 Å². The average Bonchev–Trinajstić information content (AvgIpc) is 3.76. The summed E-state index contributed by atoms with van der Waals surface area (Å²) in [6.45, 7) is 2.69. The first kappa shape index (κ1) is 25.1. The highest BCUT2D eigenvalue weighted by Gasteiger charge is 2.40. The summed E-state index contributed by atoms with van der Waals surface area (Å²) in [6, 6.07) is 22.2. The Balaban J connectivity index is 1.30. The number of aromatic nitrogens is 2. The first-order chi connectivity index (χ1) is 19.0. The van der Waals surface area contributed by atoms with Crippen LogP contribution in [0.15, 0.2) is 77.9 Å². The summed E-state index contributed by atoms with van der Waals surface area (Å²) in [5, 5.41) is 13.9. The summed E-state index contributed by atoms with van der Waals surface area (Å²) in [6.07, 6.45) is 6.87. The molecular formula is C32H33N5O2. The van der Waals surface area contributed by atoms with Crippen LogP contribution >= 0.6 is 0 Å². The number of hydrogen-bond acceptors (Lipinski definition) is 4. The molecule has 2 aliphatic rings. The van der Waals surface area contributed by atoms with Crippen LogP contribution in [0.1, 0.15) is 47.4 Å². The van der Waals surface area contributed by atoms with Crippen molar-refractivity contribution in [3.63, 3.8) is 0 Å². The summed E-state index contributed by atoms with van der Waals surface area (Å²) in [4.78, 5) is 28.7. The number of nitrogens with one attached hydrogen (secondary N) is 1. The fourth-order valence-corrected chi connectivity index (χ4v) is 6.00. The van der Waals surface area contributed by atoms with E-state index in [1.165, 1.54) is 0 Å². The van der Waals surface area contributed by atoms with Gasteiger partial charge in [0.15, 0.2) is 0 Å². The molecule has 2 aromatic heterocycles. The van der Waals surface area contributed by atoms with Crippen LogP contribution in [-0.2, 0) is 24.9 Å². The molecule has 0 spiro atoms. The standard InChI is InChI=1S/C32H33N5O2/c1-35-14-12-24(16-31(35)38)27-11-13-34-18-29(27)32(39)37(26-9-10-26)21-25-20-36(30-8-3-2-7-28(25)30)19-23-6-4-5-22(15-23)17-33/h2-8,12,14-16,20,26-27,29,34H,9-11,13,18-19,21H2,1H3/t27-,29+/m0/s1. The largest absolute Gasteiger partial charge is 0.343 e. The Hall–Kier alpha value is -4.15. The number of amides is 1. The van der Waals surface area contributed by atoms with Gasteiger partial charge in [-0.15, -0.1) is 0 Å². The Labute approximate surface area is 228 Å². The highest BCUT2D eigenvalue weighted by atomic mass is 16.2. The fraction of sp³-hybridized carbons (Fsp3) is 0.344. The highest BCUT2D eigenvalue weighted by Crippen LogP contribution is 2.36. The van der Waals surface area contributed by atoms with Crippen molar-refractivity contribution in [2.75, 3.05) is 13.1 Å². The predicted molar refractivity (Wildman–Crippen MR) is 151 cm³/mol. The van der Waals surface area contributed by atoms with E-state index in [4.69, 9.17) is 0 Å². The Morgan fingerprint density at radius 3 is 2.74 bits per heavy atom. The maximum Gasteiger partial charge on any atom is 0.250 e. The maximum absolute atomic E-state index is 14.2. The molecule has 3 heterocycles. The summed E-state index contributed by atoms with van der Waals surface area (Å²) in [5.74, 6) is 0.00473. The second-order valence-electron chi connectivity index (χ2n) is 10.9. The lowest BCUT2D eigenvalue weighted by Crippen LogP contribution is -2.47. The van der Waals surface area contributed by atoms with Crippen LogP contribution in [0.25, 0.3) is 10.9 Å². The zero-order valence-electron chi connectivity index (χ0n) is 22.2. The Bertz CT molecular complexity index is 1620. The van der Waals surface area contributed by atoms with Gasteiger partial charge >= 0.3 is 0 Å². The number of nitriles is 1. The first-order valence-electron chi connectivity index (χ1n) is 13.8. The van der Waals surface area contributed by atoms with E-state index >= 15 is 0 Å². The van der Waals surface area contributed by atoms with Crippen molar-refractivity contribution in [2.45, 2.75) is 44.3 Å². The molecule has 198 valence electrons. The molecule has 1 amide bonds. The van der Waals surface area contributed by atoms with E-state index in [0.717, 1.165) is 53.4 Å². The summed E-state index contributed by atoms with van der Waals surface area (Å²) in [7, 11) is 1.75. The SMILES string of the molecule is Cn1ccc([C@@H]2CCNC[C@H]2C(=O)N(Cc2cn(Cc3cccc(C#N)c3)c3ccccc23)C2CC2)cc1=O. The predicted octanol–water partition coefficient (Wildman–Crippen LogP) is 4.14. The first-order valence-corrected chi connectivity index (χ1v) is 13.8. The minimum absolute atomic E-state index is 0.0302. The third kappa shape index (κ3) is 5.13. The normalized spacial score (nSPS) is 19.1. The van der Waals surface area contributed by atoms with Gasteiger partial charge in [0, 0.05) is 62.1 Å². The number of aryl methyl sites for hydroxylation is 1. The number of piperidine rings is 1. The molecule has 2 fully saturated rings. The van der Waals surface area contributed by atoms with Crippen molar-refractivity contribution in [3.8, 4) is 6.07 Å². The minimum Gasteiger partial charge on any atom is -0.343 e. The van der Waals surface area contributed by atoms with E-state index in [1.54, 1.807) is 23.9 Å². The summed E-state index contributed by atoms with van der Waals surface area (Å²) in [5.41, 5.74) is 4.91. The molecule has 4 aromatic rings. The topological polar surface area (TPSA) is 83.1 Å². The number of hydrogen-bond donors (Lipinski definition) is 1. The Morgan fingerprint density at radius 1 is 1.10 bits per heavy atom. The van der Waals surface area contributed by atoms with Crippen molar-refractivity contribution in [1.29, 1.82) is 5.26 Å². The molecule has 1 saturated carbocycles. The molecule has 7 nitrogen and oxygen atoms in total. The van der Waals surface area contributed by atoms with Gasteiger partial charge in [-0.25, -0.2) is 0 Å². The van der Waals surface area contributed by atoms with Gasteiger partial charge in [0.1, 0.15) is 0 Å². The zero-order chi connectivity index (χ0) is 26.9. The molecule has 0 bridgehead atoms. The van der Waals surface area contributed by atoms with Crippen molar-refractivity contribution < 1.29 is 4.79 Å². The Kier molecular flexibility index (Phi) is 6.80. The van der Waals surface area contributed by atoms with Gasteiger partial charge in [-0.1, -0.05) is 30.3 Å². The number of carbonyl (C=O) groups is 1. The van der Waals surface area contributed by atoms with Gasteiger partial charge in [0.25, 0.3) is 5.56 Å². The van der Waals surface area contributed by atoms with E-state index in [2.05, 4.69) is 39.2 Å². The third-order valence-electron chi connectivity index (χ3n) is 8.25. The highest BCUT2D eigenvalue weighted by molar-refractivity contribution is 5.86. The van der Waals surface area contributed by atoms with Gasteiger partial charge in [-0.3, -0.25) is 9.59 Å². The molecule has 0 radical (unpaired) electrons. The fourth-order valence-electron chi connectivity index (χ4n) is 6.00. The molecule has 1 N–H and O–H groups in total. The van der Waals surface area contributed by atoms with Gasteiger partial charge in [0.2, 0.25) is 5.91 Å². The molecular weight excluding hydrogens is 486 g/mol. The van der Waals surface area contributed by atoms with E-state index in [1.807, 2.05) is 42.5 Å². The van der Waals surface area contributed by atoms with Crippen LogP contribution in [0.5, 0.6) is 0 Å². The molecule has 1 aliphatic heterocycles.